The van der Waals surface area contributed by atoms with Crippen LogP contribution in [0.5, 0.6) is 11.8 Å². The molecule has 1 aromatic heterocycles. The van der Waals surface area contributed by atoms with E-state index in [1.807, 2.05) is 0 Å². The minimum Gasteiger partial charge on any atom is -0.480 e. The van der Waals surface area contributed by atoms with Crippen molar-refractivity contribution in [1.29, 1.82) is 0 Å². The molecule has 82 valence electrons. The van der Waals surface area contributed by atoms with Crippen molar-refractivity contribution >= 4 is 28.9 Å². The quantitative estimate of drug-likeness (QED) is 0.610. The molecule has 0 radical (unpaired) electrons. The van der Waals surface area contributed by atoms with Crippen LogP contribution in [-0.2, 0) is 0 Å². The number of hydrogen-bond donors (Lipinski definition) is 0. The van der Waals surface area contributed by atoms with Crippen LogP contribution in [0.1, 0.15) is 0 Å². The van der Waals surface area contributed by atoms with Gasteiger partial charge in [0.15, 0.2) is 0 Å². The Hall–Kier alpha value is -1.27. The number of methoxy groups -OCH3 is 2. The van der Waals surface area contributed by atoms with Gasteiger partial charge >= 0.3 is 5.69 Å². The zero-order chi connectivity index (χ0) is 11.6. The summed E-state index contributed by atoms with van der Waals surface area (Å²) in [5.74, 6) is -0.268. The van der Waals surface area contributed by atoms with E-state index >= 15 is 0 Å². The van der Waals surface area contributed by atoms with Crippen LogP contribution in [0.4, 0.5) is 5.69 Å². The highest BCUT2D eigenvalue weighted by Crippen LogP contribution is 2.42. The lowest BCUT2D eigenvalue weighted by Crippen LogP contribution is -2.00. The maximum Gasteiger partial charge on any atom is 0.351 e. The molecule has 0 fully saturated rings. The zero-order valence-corrected chi connectivity index (χ0v) is 9.30. The molecule has 0 aromatic carbocycles. The van der Waals surface area contributed by atoms with Gasteiger partial charge in [-0.15, -0.1) is 0 Å². The van der Waals surface area contributed by atoms with Crippen LogP contribution in [0.25, 0.3) is 0 Å². The van der Waals surface area contributed by atoms with Crippen molar-refractivity contribution < 1.29 is 14.4 Å². The van der Waals surface area contributed by atoms with Crippen molar-refractivity contribution in [2.75, 3.05) is 14.2 Å². The van der Waals surface area contributed by atoms with E-state index in [0.29, 0.717) is 0 Å². The highest BCUT2D eigenvalue weighted by Gasteiger charge is 2.27. The van der Waals surface area contributed by atoms with Crippen molar-refractivity contribution in [3.8, 4) is 11.8 Å². The summed E-state index contributed by atoms with van der Waals surface area (Å²) in [5, 5.41) is 10.3. The molecule has 0 bridgehead atoms. The molecule has 15 heavy (non-hydrogen) atoms. The van der Waals surface area contributed by atoms with Crippen LogP contribution in [0.3, 0.4) is 0 Å². The Morgan fingerprint density at radius 3 is 2.13 bits per heavy atom. The molecular weight excluding hydrogens is 247 g/mol. The van der Waals surface area contributed by atoms with Gasteiger partial charge in [0, 0.05) is 0 Å². The Morgan fingerprint density at radius 2 is 1.73 bits per heavy atom. The summed E-state index contributed by atoms with van der Waals surface area (Å²) >= 11 is 11.4. The normalized spacial score (nSPS) is 9.87. The second kappa shape index (κ2) is 4.50. The minimum atomic E-state index is -0.723. The summed E-state index contributed by atoms with van der Waals surface area (Å²) in [6, 6.07) is 0. The standard InChI is InChI=1S/C7H6Cl2N2O4/c1-14-6-4(9)3(8)5(11(12)13)7(10-6)15-2/h1-2H3. The molecule has 0 saturated heterocycles. The summed E-state index contributed by atoms with van der Waals surface area (Å²) < 4.78 is 9.48. The summed E-state index contributed by atoms with van der Waals surface area (Å²) in [6.45, 7) is 0. The van der Waals surface area contributed by atoms with E-state index in [0.717, 1.165) is 0 Å². The SMILES string of the molecule is COc1nc(OC)c([N+](=O)[O-])c(Cl)c1Cl. The summed E-state index contributed by atoms with van der Waals surface area (Å²) in [4.78, 5) is 13.6. The second-order valence-corrected chi connectivity index (χ2v) is 3.12. The van der Waals surface area contributed by atoms with E-state index in [-0.39, 0.29) is 21.8 Å². The maximum absolute atomic E-state index is 10.7. The van der Waals surface area contributed by atoms with Gasteiger partial charge in [0.25, 0.3) is 5.88 Å². The monoisotopic (exact) mass is 252 g/mol. The molecule has 0 spiro atoms. The first kappa shape index (κ1) is 11.8. The van der Waals surface area contributed by atoms with E-state index in [1.165, 1.54) is 14.2 Å². The van der Waals surface area contributed by atoms with E-state index in [1.54, 1.807) is 0 Å². The van der Waals surface area contributed by atoms with Crippen LogP contribution in [0, 0.1) is 10.1 Å². The maximum atomic E-state index is 10.7. The molecule has 0 aliphatic heterocycles. The van der Waals surface area contributed by atoms with Crippen LogP contribution < -0.4 is 9.47 Å². The van der Waals surface area contributed by atoms with Gasteiger partial charge in [0.1, 0.15) is 10.0 Å². The largest absolute Gasteiger partial charge is 0.480 e. The van der Waals surface area contributed by atoms with E-state index in [4.69, 9.17) is 32.7 Å². The first-order valence-electron chi connectivity index (χ1n) is 3.64. The lowest BCUT2D eigenvalue weighted by atomic mass is 10.4. The molecule has 0 N–H and O–H groups in total. The average Bonchev–Trinajstić information content (AvgIpc) is 2.20. The molecule has 0 saturated carbocycles. The van der Waals surface area contributed by atoms with Crippen molar-refractivity contribution in [2.24, 2.45) is 0 Å². The van der Waals surface area contributed by atoms with Gasteiger partial charge in [-0.05, 0) is 0 Å². The third-order valence-electron chi connectivity index (χ3n) is 1.56. The Kier molecular flexibility index (Phi) is 3.54. The smallest absolute Gasteiger partial charge is 0.351 e. The number of nitrogens with zero attached hydrogens (tertiary/aromatic N) is 2. The highest BCUT2D eigenvalue weighted by atomic mass is 35.5. The lowest BCUT2D eigenvalue weighted by molar-refractivity contribution is -0.386. The predicted molar refractivity (Wildman–Crippen MR) is 54.0 cm³/mol. The average molecular weight is 253 g/mol. The molecule has 0 unspecified atom stereocenters. The molecule has 0 amide bonds. The van der Waals surface area contributed by atoms with E-state index in [2.05, 4.69) is 4.98 Å². The van der Waals surface area contributed by atoms with Gasteiger partial charge in [-0.3, -0.25) is 10.1 Å². The fourth-order valence-electron chi connectivity index (χ4n) is 0.922. The Morgan fingerprint density at radius 1 is 1.20 bits per heavy atom. The molecule has 0 aliphatic rings. The van der Waals surface area contributed by atoms with Crippen LogP contribution in [0.2, 0.25) is 10.0 Å². The van der Waals surface area contributed by atoms with Crippen molar-refractivity contribution in [1.82, 2.24) is 4.98 Å². The molecule has 0 aliphatic carbocycles. The minimum absolute atomic E-state index is 0.0240. The summed E-state index contributed by atoms with van der Waals surface area (Å²) in [7, 11) is 2.55. The summed E-state index contributed by atoms with van der Waals surface area (Å²) in [5.41, 5.74) is -0.482. The Balaban J connectivity index is 3.51. The fourth-order valence-corrected chi connectivity index (χ4v) is 1.36. The molecule has 1 rings (SSSR count). The second-order valence-electron chi connectivity index (χ2n) is 2.36. The third-order valence-corrected chi connectivity index (χ3v) is 2.38. The Bertz CT molecular complexity index is 410. The number of halogens is 2. The van der Waals surface area contributed by atoms with Gasteiger partial charge in [0.2, 0.25) is 5.88 Å². The molecule has 1 aromatic rings. The number of hydrogen-bond acceptors (Lipinski definition) is 5. The van der Waals surface area contributed by atoms with E-state index in [9.17, 15) is 10.1 Å². The number of nitro groups is 1. The van der Waals surface area contributed by atoms with Crippen molar-refractivity contribution in [2.45, 2.75) is 0 Å². The zero-order valence-electron chi connectivity index (χ0n) is 7.78. The number of aromatic nitrogens is 1. The highest BCUT2D eigenvalue weighted by molar-refractivity contribution is 6.44. The molecule has 1 heterocycles. The summed E-state index contributed by atoms with van der Waals surface area (Å²) in [6.07, 6.45) is 0. The number of pyridine rings is 1. The van der Waals surface area contributed by atoms with Crippen molar-refractivity contribution in [3.63, 3.8) is 0 Å². The molecule has 6 nitrogen and oxygen atoms in total. The first-order chi connectivity index (χ1) is 7.02. The van der Waals surface area contributed by atoms with Crippen LogP contribution in [0.15, 0.2) is 0 Å². The van der Waals surface area contributed by atoms with Gasteiger partial charge in [0.05, 0.1) is 19.1 Å². The Labute approximate surface area is 94.9 Å². The van der Waals surface area contributed by atoms with E-state index < -0.39 is 10.6 Å². The number of ether oxygens (including phenoxy) is 2. The molecule has 0 atom stereocenters. The van der Waals surface area contributed by atoms with Gasteiger partial charge in [-0.2, -0.15) is 4.98 Å². The van der Waals surface area contributed by atoms with Crippen LogP contribution in [-0.4, -0.2) is 24.1 Å². The lowest BCUT2D eigenvalue weighted by Gasteiger charge is -2.07. The molecular formula is C7H6Cl2N2O4. The topological polar surface area (TPSA) is 74.5 Å². The number of rotatable bonds is 3. The van der Waals surface area contributed by atoms with Gasteiger partial charge < -0.3 is 9.47 Å². The van der Waals surface area contributed by atoms with Gasteiger partial charge in [-0.1, -0.05) is 23.2 Å². The third kappa shape index (κ3) is 2.05. The van der Waals surface area contributed by atoms with Crippen LogP contribution >= 0.6 is 23.2 Å². The fraction of sp³-hybridized carbons (Fsp3) is 0.286. The van der Waals surface area contributed by atoms with Crippen molar-refractivity contribution in [3.05, 3.63) is 20.2 Å². The molecule has 8 heteroatoms. The predicted octanol–water partition coefficient (Wildman–Crippen LogP) is 2.31. The first-order valence-corrected chi connectivity index (χ1v) is 4.39. The van der Waals surface area contributed by atoms with Gasteiger partial charge in [-0.25, -0.2) is 0 Å².